The number of aliphatic hydroxyl groups excluding tert-OH is 2. The van der Waals surface area contributed by atoms with Gasteiger partial charge in [0.15, 0.2) is 0 Å². The highest BCUT2D eigenvalue weighted by Crippen LogP contribution is 2.43. The Balaban J connectivity index is 1.38. The summed E-state index contributed by atoms with van der Waals surface area (Å²) in [6, 6.07) is 6.55. The van der Waals surface area contributed by atoms with Crippen molar-refractivity contribution < 1.29 is 19.4 Å². The predicted molar refractivity (Wildman–Crippen MR) is 117 cm³/mol. The number of halogens is 1. The molecule has 168 valence electrons. The lowest BCUT2D eigenvalue weighted by Gasteiger charge is -2.41. The minimum Gasteiger partial charge on any atom is -0.394 e. The maximum Gasteiger partial charge on any atom is 0.263 e. The summed E-state index contributed by atoms with van der Waals surface area (Å²) >= 11 is 1.15. The Bertz CT molecular complexity index is 1070. The molecule has 0 spiro atoms. The fourth-order valence-electron chi connectivity index (χ4n) is 3.54. The van der Waals surface area contributed by atoms with Crippen LogP contribution in [0.25, 0.3) is 10.7 Å². The highest BCUT2D eigenvalue weighted by atomic mass is 32.1. The number of carbonyl (C=O) groups excluding carboxylic acids is 1. The van der Waals surface area contributed by atoms with Crippen molar-refractivity contribution >= 4 is 23.1 Å². The van der Waals surface area contributed by atoms with E-state index in [1.165, 1.54) is 12.3 Å². The number of aromatic nitrogens is 4. The van der Waals surface area contributed by atoms with Gasteiger partial charge in [-0.1, -0.05) is 6.42 Å². The first-order chi connectivity index (χ1) is 15.5. The molecular formula is C21H23FN6O3S. The Kier molecular flexibility index (Phi) is 6.68. The number of hydrogen-bond donors (Lipinski definition) is 4. The standard InChI is InChI=1S/C21H23FN6O3S/c22-14-3-1-8-23-18(14)21(6-2-7-21)12-26-17-5-4-15(27-28-17)20-25-10-16(32-20)19(31)24-9-13(30)11-29/h1,3-5,8,10,13,29-30H,2,6-7,9,11-12H2,(H,24,31)(H,26,28)/t13-/m1/s1. The zero-order valence-corrected chi connectivity index (χ0v) is 18.0. The third-order valence-corrected chi connectivity index (χ3v) is 6.52. The molecule has 11 heteroatoms. The molecule has 3 heterocycles. The highest BCUT2D eigenvalue weighted by molar-refractivity contribution is 7.16. The van der Waals surface area contributed by atoms with Crippen LogP contribution in [0.15, 0.2) is 36.7 Å². The molecule has 0 aliphatic heterocycles. The molecule has 1 fully saturated rings. The SMILES string of the molecule is O=C(NC[C@@H](O)CO)c1cnc(-c2ccc(NCC3(c4ncccc4F)CCC3)nn2)s1. The molecule has 0 bridgehead atoms. The number of nitrogens with zero attached hydrogens (tertiary/aromatic N) is 4. The molecule has 4 N–H and O–H groups in total. The van der Waals surface area contributed by atoms with Crippen LogP contribution < -0.4 is 10.6 Å². The zero-order chi connectivity index (χ0) is 22.6. The van der Waals surface area contributed by atoms with Gasteiger partial charge in [0.25, 0.3) is 5.91 Å². The Morgan fingerprint density at radius 1 is 1.25 bits per heavy atom. The Morgan fingerprint density at radius 3 is 2.75 bits per heavy atom. The van der Waals surface area contributed by atoms with Gasteiger partial charge in [0.1, 0.15) is 27.2 Å². The lowest BCUT2D eigenvalue weighted by atomic mass is 9.66. The van der Waals surface area contributed by atoms with E-state index in [-0.39, 0.29) is 23.7 Å². The van der Waals surface area contributed by atoms with E-state index in [2.05, 4.69) is 30.8 Å². The van der Waals surface area contributed by atoms with E-state index >= 15 is 0 Å². The van der Waals surface area contributed by atoms with Crippen molar-refractivity contribution in [2.75, 3.05) is 25.0 Å². The summed E-state index contributed by atoms with van der Waals surface area (Å²) in [4.78, 5) is 20.9. The smallest absolute Gasteiger partial charge is 0.263 e. The second-order valence-electron chi connectivity index (χ2n) is 7.70. The number of anilines is 1. The van der Waals surface area contributed by atoms with Gasteiger partial charge in [-0.05, 0) is 37.1 Å². The van der Waals surface area contributed by atoms with E-state index in [1.807, 2.05) is 0 Å². The number of amides is 1. The molecule has 1 atom stereocenters. The molecule has 0 radical (unpaired) electrons. The molecule has 3 aromatic rings. The molecule has 1 saturated carbocycles. The summed E-state index contributed by atoms with van der Waals surface area (Å²) < 4.78 is 14.3. The minimum atomic E-state index is -1.01. The van der Waals surface area contributed by atoms with Crippen LogP contribution in [-0.4, -0.2) is 62.1 Å². The van der Waals surface area contributed by atoms with Crippen LogP contribution in [0.4, 0.5) is 10.2 Å². The largest absolute Gasteiger partial charge is 0.394 e. The van der Waals surface area contributed by atoms with Crippen LogP contribution in [-0.2, 0) is 5.41 Å². The number of aliphatic hydroxyl groups is 2. The van der Waals surface area contributed by atoms with E-state index in [4.69, 9.17) is 5.11 Å². The second kappa shape index (κ2) is 9.63. The third kappa shape index (κ3) is 4.74. The maximum atomic E-state index is 14.3. The molecule has 4 rings (SSSR count). The lowest BCUT2D eigenvalue weighted by molar-refractivity contribution is 0.0804. The van der Waals surface area contributed by atoms with Crippen LogP contribution in [0.1, 0.15) is 34.6 Å². The van der Waals surface area contributed by atoms with E-state index in [1.54, 1.807) is 24.4 Å². The van der Waals surface area contributed by atoms with Crippen molar-refractivity contribution in [3.8, 4) is 10.7 Å². The van der Waals surface area contributed by atoms with Crippen molar-refractivity contribution in [1.29, 1.82) is 0 Å². The van der Waals surface area contributed by atoms with E-state index < -0.39 is 12.7 Å². The van der Waals surface area contributed by atoms with Gasteiger partial charge in [0.05, 0.1) is 24.6 Å². The number of pyridine rings is 1. The van der Waals surface area contributed by atoms with Crippen molar-refractivity contribution in [3.05, 3.63) is 53.0 Å². The van der Waals surface area contributed by atoms with E-state index in [0.29, 0.717) is 33.6 Å². The Morgan fingerprint density at radius 2 is 2.09 bits per heavy atom. The molecule has 3 aromatic heterocycles. The topological polar surface area (TPSA) is 133 Å². The van der Waals surface area contributed by atoms with Gasteiger partial charge in [0, 0.05) is 24.7 Å². The van der Waals surface area contributed by atoms with Crippen LogP contribution in [0.3, 0.4) is 0 Å². The Labute approximate surface area is 187 Å². The monoisotopic (exact) mass is 458 g/mol. The maximum absolute atomic E-state index is 14.3. The lowest BCUT2D eigenvalue weighted by Crippen LogP contribution is -2.42. The fraction of sp³-hybridized carbons (Fsp3) is 0.381. The van der Waals surface area contributed by atoms with Crippen LogP contribution in [0.2, 0.25) is 0 Å². The van der Waals surface area contributed by atoms with Crippen LogP contribution in [0.5, 0.6) is 0 Å². The molecule has 1 aliphatic carbocycles. The van der Waals surface area contributed by atoms with E-state index in [9.17, 15) is 14.3 Å². The number of hydrogen-bond acceptors (Lipinski definition) is 9. The first kappa shape index (κ1) is 22.2. The molecule has 1 aliphatic rings. The number of carbonyl (C=O) groups is 1. The van der Waals surface area contributed by atoms with Crippen molar-refractivity contribution in [2.24, 2.45) is 0 Å². The number of thiazole rings is 1. The summed E-state index contributed by atoms with van der Waals surface area (Å²) in [5, 5.41) is 32.8. The molecule has 0 unspecified atom stereocenters. The van der Waals surface area contributed by atoms with Gasteiger partial charge in [-0.2, -0.15) is 0 Å². The summed E-state index contributed by atoms with van der Waals surface area (Å²) in [7, 11) is 0. The first-order valence-corrected chi connectivity index (χ1v) is 11.0. The zero-order valence-electron chi connectivity index (χ0n) is 17.2. The summed E-state index contributed by atoms with van der Waals surface area (Å²) in [5.74, 6) is -0.117. The van der Waals surface area contributed by atoms with Gasteiger partial charge >= 0.3 is 0 Å². The average Bonchev–Trinajstić information content (AvgIpc) is 3.28. The Hall–Kier alpha value is -3.02. The highest BCUT2D eigenvalue weighted by Gasteiger charge is 2.41. The quantitative estimate of drug-likeness (QED) is 0.381. The number of nitrogens with one attached hydrogen (secondary N) is 2. The molecule has 0 aromatic carbocycles. The summed E-state index contributed by atoms with van der Waals surface area (Å²) in [6.07, 6.45) is 4.78. The molecule has 0 saturated heterocycles. The van der Waals surface area contributed by atoms with Crippen molar-refractivity contribution in [2.45, 2.75) is 30.8 Å². The molecule has 32 heavy (non-hydrogen) atoms. The minimum absolute atomic E-state index is 0.0490. The van der Waals surface area contributed by atoms with Gasteiger partial charge in [-0.25, -0.2) is 9.37 Å². The van der Waals surface area contributed by atoms with Crippen LogP contribution >= 0.6 is 11.3 Å². The molecular weight excluding hydrogens is 435 g/mol. The first-order valence-electron chi connectivity index (χ1n) is 10.2. The molecule has 1 amide bonds. The van der Waals surface area contributed by atoms with E-state index in [0.717, 1.165) is 30.6 Å². The van der Waals surface area contributed by atoms with Gasteiger partial charge in [-0.15, -0.1) is 21.5 Å². The number of rotatable bonds is 9. The molecule has 9 nitrogen and oxygen atoms in total. The predicted octanol–water partition coefficient (Wildman–Crippen LogP) is 1.75. The van der Waals surface area contributed by atoms with Gasteiger partial charge < -0.3 is 20.8 Å². The van der Waals surface area contributed by atoms with Gasteiger partial charge in [0.2, 0.25) is 0 Å². The summed E-state index contributed by atoms with van der Waals surface area (Å²) in [6.45, 7) is 0.0327. The third-order valence-electron chi connectivity index (χ3n) is 5.50. The van der Waals surface area contributed by atoms with Gasteiger partial charge in [-0.3, -0.25) is 9.78 Å². The van der Waals surface area contributed by atoms with Crippen molar-refractivity contribution in [1.82, 2.24) is 25.5 Å². The normalized spacial score (nSPS) is 15.6. The summed E-state index contributed by atoms with van der Waals surface area (Å²) in [5.41, 5.74) is 0.667. The second-order valence-corrected chi connectivity index (χ2v) is 8.73. The van der Waals surface area contributed by atoms with Crippen molar-refractivity contribution in [3.63, 3.8) is 0 Å². The fourth-order valence-corrected chi connectivity index (χ4v) is 4.33. The average molecular weight is 459 g/mol. The van der Waals surface area contributed by atoms with Crippen LogP contribution in [0, 0.1) is 5.82 Å².